The largest absolute Gasteiger partial charge is 0.480 e. The first kappa shape index (κ1) is 18.4. The third-order valence-corrected chi connectivity index (χ3v) is 5.39. The molecule has 2 aromatic rings. The van der Waals surface area contributed by atoms with E-state index in [1.807, 2.05) is 0 Å². The third-order valence-electron chi connectivity index (χ3n) is 3.48. The zero-order chi connectivity index (χ0) is 17.9. The van der Waals surface area contributed by atoms with Gasteiger partial charge in [-0.05, 0) is 60.9 Å². The van der Waals surface area contributed by atoms with Crippen LogP contribution in [-0.4, -0.2) is 25.5 Å². The van der Waals surface area contributed by atoms with Crippen LogP contribution in [0.5, 0.6) is 0 Å². The second-order valence-corrected chi connectivity index (χ2v) is 7.95. The molecule has 0 saturated heterocycles. The van der Waals surface area contributed by atoms with Crippen molar-refractivity contribution < 1.29 is 18.3 Å². The van der Waals surface area contributed by atoms with Crippen molar-refractivity contribution in [3.8, 4) is 0 Å². The van der Waals surface area contributed by atoms with Gasteiger partial charge >= 0.3 is 5.97 Å². The molecule has 0 saturated carbocycles. The molecule has 1 atom stereocenters. The van der Waals surface area contributed by atoms with Crippen LogP contribution in [0.4, 0.5) is 5.69 Å². The molecule has 0 aliphatic heterocycles. The van der Waals surface area contributed by atoms with Crippen LogP contribution in [0.1, 0.15) is 11.1 Å². The highest BCUT2D eigenvalue weighted by Gasteiger charge is 2.18. The van der Waals surface area contributed by atoms with E-state index in [1.54, 1.807) is 37.3 Å². The van der Waals surface area contributed by atoms with Crippen molar-refractivity contribution >= 4 is 37.6 Å². The highest BCUT2D eigenvalue weighted by atomic mass is 79.9. The summed E-state index contributed by atoms with van der Waals surface area (Å²) in [4.78, 5) is 11.0. The summed E-state index contributed by atoms with van der Waals surface area (Å²) in [6.07, 6.45) is 0.0583. The lowest BCUT2D eigenvalue weighted by atomic mass is 10.0. The fourth-order valence-electron chi connectivity index (χ4n) is 2.09. The van der Waals surface area contributed by atoms with Gasteiger partial charge in [-0.1, -0.05) is 22.0 Å². The molecule has 0 heterocycles. The monoisotopic (exact) mass is 412 g/mol. The molecule has 24 heavy (non-hydrogen) atoms. The molecule has 0 aliphatic rings. The number of rotatable bonds is 6. The first-order chi connectivity index (χ1) is 11.2. The second kappa shape index (κ2) is 7.33. The number of aryl methyl sites for hydroxylation is 1. The fraction of sp³-hybridized carbons (Fsp3) is 0.188. The Hall–Kier alpha value is -1.90. The lowest BCUT2D eigenvalue weighted by Crippen LogP contribution is -2.32. The Kier molecular flexibility index (Phi) is 5.63. The average Bonchev–Trinajstić information content (AvgIpc) is 2.51. The Morgan fingerprint density at radius 2 is 1.88 bits per heavy atom. The van der Waals surface area contributed by atoms with E-state index in [2.05, 4.69) is 20.7 Å². The van der Waals surface area contributed by atoms with Crippen molar-refractivity contribution in [1.29, 1.82) is 0 Å². The summed E-state index contributed by atoms with van der Waals surface area (Å²) >= 11 is 3.28. The summed E-state index contributed by atoms with van der Waals surface area (Å²) in [5.41, 5.74) is 7.35. The molecule has 4 N–H and O–H groups in total. The van der Waals surface area contributed by atoms with E-state index in [-0.39, 0.29) is 11.3 Å². The molecule has 0 radical (unpaired) electrons. The number of hydrogen-bond acceptors (Lipinski definition) is 4. The minimum atomic E-state index is -3.78. The van der Waals surface area contributed by atoms with E-state index >= 15 is 0 Å². The number of carboxylic acids is 1. The van der Waals surface area contributed by atoms with Gasteiger partial charge in [0.2, 0.25) is 0 Å². The van der Waals surface area contributed by atoms with Gasteiger partial charge in [0.15, 0.2) is 0 Å². The predicted molar refractivity (Wildman–Crippen MR) is 95.4 cm³/mol. The van der Waals surface area contributed by atoms with Crippen LogP contribution < -0.4 is 10.5 Å². The van der Waals surface area contributed by atoms with Gasteiger partial charge in [-0.15, -0.1) is 0 Å². The lowest BCUT2D eigenvalue weighted by Gasteiger charge is -2.13. The molecule has 0 spiro atoms. The maximum absolute atomic E-state index is 12.5. The van der Waals surface area contributed by atoms with Crippen LogP contribution in [0.25, 0.3) is 0 Å². The molecule has 2 aromatic carbocycles. The van der Waals surface area contributed by atoms with Gasteiger partial charge in [-0.3, -0.25) is 9.52 Å². The highest BCUT2D eigenvalue weighted by molar-refractivity contribution is 9.10. The fourth-order valence-corrected chi connectivity index (χ4v) is 3.46. The first-order valence-corrected chi connectivity index (χ1v) is 9.33. The number of carboxylic acid groups (broad SMARTS) is 1. The Labute approximate surface area is 148 Å². The van der Waals surface area contributed by atoms with Crippen LogP contribution in [0.2, 0.25) is 0 Å². The summed E-state index contributed by atoms with van der Waals surface area (Å²) in [5, 5.41) is 8.92. The minimum Gasteiger partial charge on any atom is -0.480 e. The van der Waals surface area contributed by atoms with Crippen LogP contribution in [0.3, 0.4) is 0 Å². The highest BCUT2D eigenvalue weighted by Crippen LogP contribution is 2.21. The van der Waals surface area contributed by atoms with E-state index in [9.17, 15) is 13.2 Å². The van der Waals surface area contributed by atoms with Gasteiger partial charge in [-0.25, -0.2) is 8.42 Å². The third kappa shape index (κ3) is 4.56. The van der Waals surface area contributed by atoms with Crippen molar-refractivity contribution in [1.82, 2.24) is 0 Å². The summed E-state index contributed by atoms with van der Waals surface area (Å²) in [6.45, 7) is 1.78. The number of hydrogen-bond donors (Lipinski definition) is 3. The number of benzene rings is 2. The van der Waals surface area contributed by atoms with Crippen molar-refractivity contribution in [3.05, 3.63) is 58.1 Å². The van der Waals surface area contributed by atoms with Gasteiger partial charge in [0.25, 0.3) is 10.0 Å². The molecular formula is C16H17BrN2O4S. The Bertz CT molecular complexity index is 851. The van der Waals surface area contributed by atoms with Crippen molar-refractivity contribution in [2.45, 2.75) is 24.3 Å². The van der Waals surface area contributed by atoms with Gasteiger partial charge in [0.05, 0.1) is 4.90 Å². The Morgan fingerprint density at radius 3 is 2.46 bits per heavy atom. The molecule has 0 bridgehead atoms. The average molecular weight is 413 g/mol. The molecule has 0 aliphatic carbocycles. The van der Waals surface area contributed by atoms with Crippen LogP contribution in [0.15, 0.2) is 51.8 Å². The van der Waals surface area contributed by atoms with E-state index < -0.39 is 22.0 Å². The van der Waals surface area contributed by atoms with Crippen molar-refractivity contribution in [2.24, 2.45) is 5.73 Å². The molecule has 2 rings (SSSR count). The quantitative estimate of drug-likeness (QED) is 0.674. The molecular weight excluding hydrogens is 396 g/mol. The zero-order valence-electron chi connectivity index (χ0n) is 12.9. The molecule has 0 fully saturated rings. The van der Waals surface area contributed by atoms with Crippen LogP contribution >= 0.6 is 15.9 Å². The molecule has 6 nitrogen and oxygen atoms in total. The number of aliphatic carboxylic acids is 1. The van der Waals surface area contributed by atoms with Gasteiger partial charge in [-0.2, -0.15) is 0 Å². The molecule has 0 amide bonds. The molecule has 8 heteroatoms. The van der Waals surface area contributed by atoms with E-state index in [4.69, 9.17) is 10.8 Å². The van der Waals surface area contributed by atoms with Gasteiger partial charge < -0.3 is 10.8 Å². The SMILES string of the molecule is Cc1ccc(S(=O)(=O)Nc2ccc(Br)cc2)cc1C[C@H](N)C(=O)O. The van der Waals surface area contributed by atoms with Gasteiger partial charge in [0, 0.05) is 10.2 Å². The van der Waals surface area contributed by atoms with E-state index in [1.165, 1.54) is 12.1 Å². The van der Waals surface area contributed by atoms with Gasteiger partial charge in [0.1, 0.15) is 6.04 Å². The standard InChI is InChI=1S/C16H17BrN2O4S/c1-10-2-7-14(8-11(10)9-15(18)16(20)21)24(22,23)19-13-5-3-12(17)4-6-13/h2-8,15,19H,9,18H2,1H3,(H,20,21)/t15-/m0/s1. The summed E-state index contributed by atoms with van der Waals surface area (Å²) in [7, 11) is -3.78. The van der Waals surface area contributed by atoms with Crippen LogP contribution in [-0.2, 0) is 21.2 Å². The van der Waals surface area contributed by atoms with E-state index in [0.29, 0.717) is 11.3 Å². The minimum absolute atomic E-state index is 0.0583. The number of anilines is 1. The molecule has 0 aromatic heterocycles. The maximum atomic E-state index is 12.5. The number of halogens is 1. The smallest absolute Gasteiger partial charge is 0.320 e. The number of carbonyl (C=O) groups is 1. The first-order valence-electron chi connectivity index (χ1n) is 7.05. The van der Waals surface area contributed by atoms with Crippen LogP contribution in [0, 0.1) is 6.92 Å². The normalized spacial score (nSPS) is 12.6. The predicted octanol–water partition coefficient (Wildman–Crippen LogP) is 2.51. The summed E-state index contributed by atoms with van der Waals surface area (Å²) in [5.74, 6) is -1.13. The summed E-state index contributed by atoms with van der Waals surface area (Å²) in [6, 6.07) is 10.2. The zero-order valence-corrected chi connectivity index (χ0v) is 15.3. The number of nitrogens with two attached hydrogens (primary N) is 1. The number of nitrogens with one attached hydrogen (secondary N) is 1. The molecule has 0 unspecified atom stereocenters. The topological polar surface area (TPSA) is 109 Å². The molecule has 128 valence electrons. The van der Waals surface area contributed by atoms with Crippen molar-refractivity contribution in [3.63, 3.8) is 0 Å². The van der Waals surface area contributed by atoms with Crippen molar-refractivity contribution in [2.75, 3.05) is 4.72 Å². The number of sulfonamides is 1. The Morgan fingerprint density at radius 1 is 1.25 bits per heavy atom. The Balaban J connectivity index is 2.30. The van der Waals surface area contributed by atoms with E-state index in [0.717, 1.165) is 10.0 Å². The maximum Gasteiger partial charge on any atom is 0.320 e. The second-order valence-electron chi connectivity index (χ2n) is 5.35. The summed E-state index contributed by atoms with van der Waals surface area (Å²) < 4.78 is 28.3. The lowest BCUT2D eigenvalue weighted by molar-refractivity contribution is -0.138.